The predicted molar refractivity (Wildman–Crippen MR) is 57.3 cm³/mol. The van der Waals surface area contributed by atoms with Crippen molar-refractivity contribution in [3.05, 3.63) is 35.1 Å². The molecule has 0 aliphatic rings. The van der Waals surface area contributed by atoms with Crippen molar-refractivity contribution in [2.45, 2.75) is 38.1 Å². The van der Waals surface area contributed by atoms with Crippen LogP contribution in [-0.2, 0) is 6.18 Å². The molecule has 0 aliphatic heterocycles. The zero-order valence-electron chi connectivity index (χ0n) is 9.71. The van der Waals surface area contributed by atoms with E-state index in [0.717, 1.165) is 6.07 Å². The number of benzene rings is 1. The normalized spacial score (nSPS) is 15.5. The Morgan fingerprint density at radius 2 is 1.83 bits per heavy atom. The quantitative estimate of drug-likeness (QED) is 0.822. The molecular weight excluding hydrogens is 252 g/mol. The van der Waals surface area contributed by atoms with Gasteiger partial charge in [-0.15, -0.1) is 0 Å². The molecule has 2 unspecified atom stereocenters. The highest BCUT2D eigenvalue weighted by molar-refractivity contribution is 5.28. The molecular formula is C12H14F4O2. The molecule has 0 bridgehead atoms. The van der Waals surface area contributed by atoms with Crippen molar-refractivity contribution in [3.63, 3.8) is 0 Å². The zero-order valence-corrected chi connectivity index (χ0v) is 9.71. The van der Waals surface area contributed by atoms with Crippen LogP contribution in [0.25, 0.3) is 0 Å². The Balaban J connectivity index is 2.97. The van der Waals surface area contributed by atoms with Gasteiger partial charge in [0.2, 0.25) is 0 Å². The van der Waals surface area contributed by atoms with Crippen LogP contribution in [-0.4, -0.2) is 16.3 Å². The molecule has 0 aliphatic carbocycles. The van der Waals surface area contributed by atoms with E-state index < -0.39 is 29.8 Å². The summed E-state index contributed by atoms with van der Waals surface area (Å²) in [6.07, 6.45) is -6.39. The van der Waals surface area contributed by atoms with Gasteiger partial charge in [-0.05, 0) is 24.1 Å². The maximum atomic E-state index is 13.2. The van der Waals surface area contributed by atoms with E-state index in [1.807, 2.05) is 0 Å². The number of hydrogen-bond acceptors (Lipinski definition) is 2. The molecule has 102 valence electrons. The van der Waals surface area contributed by atoms with E-state index in [1.54, 1.807) is 6.92 Å². The highest BCUT2D eigenvalue weighted by Crippen LogP contribution is 2.33. The highest BCUT2D eigenvalue weighted by Gasteiger charge is 2.34. The van der Waals surface area contributed by atoms with Crippen molar-refractivity contribution in [2.75, 3.05) is 0 Å². The molecule has 0 spiro atoms. The third-order valence-electron chi connectivity index (χ3n) is 2.59. The Hall–Kier alpha value is -1.14. The fraction of sp³-hybridized carbons (Fsp3) is 0.500. The van der Waals surface area contributed by atoms with E-state index in [0.29, 0.717) is 18.6 Å². The van der Waals surface area contributed by atoms with Crippen molar-refractivity contribution >= 4 is 0 Å². The Bertz CT molecular complexity index is 404. The van der Waals surface area contributed by atoms with Crippen molar-refractivity contribution in [1.82, 2.24) is 0 Å². The fourth-order valence-corrected chi connectivity index (χ4v) is 1.62. The number of rotatable bonds is 4. The lowest BCUT2D eigenvalue weighted by molar-refractivity contribution is -0.140. The summed E-state index contributed by atoms with van der Waals surface area (Å²) in [5.41, 5.74) is -1.45. The Morgan fingerprint density at radius 1 is 1.22 bits per heavy atom. The number of aliphatic hydroxyl groups is 2. The molecule has 6 heteroatoms. The van der Waals surface area contributed by atoms with E-state index in [-0.39, 0.29) is 12.0 Å². The minimum absolute atomic E-state index is 0.0681. The third-order valence-corrected chi connectivity index (χ3v) is 2.59. The van der Waals surface area contributed by atoms with E-state index in [2.05, 4.69) is 0 Å². The van der Waals surface area contributed by atoms with Crippen LogP contribution in [0.15, 0.2) is 18.2 Å². The van der Waals surface area contributed by atoms with E-state index in [1.165, 1.54) is 0 Å². The van der Waals surface area contributed by atoms with Crippen LogP contribution in [0.1, 0.15) is 37.0 Å². The summed E-state index contributed by atoms with van der Waals surface area (Å²) in [4.78, 5) is 0. The standard InChI is InChI=1S/C12H14F4O2/c1-2-3-10(17)11(18)7-4-5-8(9(13)6-7)12(14,15)16/h4-6,10-11,17-18H,2-3H2,1H3. The van der Waals surface area contributed by atoms with Crippen molar-refractivity contribution < 1.29 is 27.8 Å². The van der Waals surface area contributed by atoms with Gasteiger partial charge in [-0.25, -0.2) is 4.39 Å². The fourth-order valence-electron chi connectivity index (χ4n) is 1.62. The van der Waals surface area contributed by atoms with Crippen LogP contribution in [0.3, 0.4) is 0 Å². The lowest BCUT2D eigenvalue weighted by atomic mass is 9.99. The van der Waals surface area contributed by atoms with Gasteiger partial charge in [-0.2, -0.15) is 13.2 Å². The molecule has 0 amide bonds. The number of aliphatic hydroxyl groups excluding tert-OH is 2. The predicted octanol–water partition coefficient (Wildman–Crippen LogP) is 3.04. The second-order valence-electron chi connectivity index (χ2n) is 4.04. The third kappa shape index (κ3) is 3.43. The molecule has 1 aromatic carbocycles. The summed E-state index contributed by atoms with van der Waals surface area (Å²) in [5, 5.41) is 19.1. The first-order valence-electron chi connectivity index (χ1n) is 5.50. The topological polar surface area (TPSA) is 40.5 Å². The van der Waals surface area contributed by atoms with Crippen molar-refractivity contribution in [2.24, 2.45) is 0 Å². The van der Waals surface area contributed by atoms with Gasteiger partial charge in [0.1, 0.15) is 11.9 Å². The van der Waals surface area contributed by atoms with E-state index in [4.69, 9.17) is 0 Å². The van der Waals surface area contributed by atoms with Crippen LogP contribution >= 0.6 is 0 Å². The molecule has 1 aromatic rings. The van der Waals surface area contributed by atoms with Gasteiger partial charge in [-0.1, -0.05) is 19.4 Å². The molecule has 0 saturated carbocycles. The van der Waals surface area contributed by atoms with Gasteiger partial charge in [0.25, 0.3) is 0 Å². The molecule has 0 aromatic heterocycles. The smallest absolute Gasteiger partial charge is 0.390 e. The summed E-state index contributed by atoms with van der Waals surface area (Å²) in [5.74, 6) is -1.46. The summed E-state index contributed by atoms with van der Waals surface area (Å²) in [7, 11) is 0. The van der Waals surface area contributed by atoms with E-state index >= 15 is 0 Å². The largest absolute Gasteiger partial charge is 0.419 e. The van der Waals surface area contributed by atoms with Gasteiger partial charge in [0, 0.05) is 0 Å². The first-order chi connectivity index (χ1) is 8.27. The molecule has 2 atom stereocenters. The van der Waals surface area contributed by atoms with Gasteiger partial charge in [0.15, 0.2) is 0 Å². The van der Waals surface area contributed by atoms with Gasteiger partial charge < -0.3 is 10.2 Å². The lowest BCUT2D eigenvalue weighted by Gasteiger charge is -2.18. The first-order valence-corrected chi connectivity index (χ1v) is 5.50. The molecule has 2 N–H and O–H groups in total. The van der Waals surface area contributed by atoms with Crippen LogP contribution in [0, 0.1) is 5.82 Å². The maximum absolute atomic E-state index is 13.2. The SMILES string of the molecule is CCCC(O)C(O)c1ccc(C(F)(F)F)c(F)c1. The summed E-state index contributed by atoms with van der Waals surface area (Å²) in [6, 6.07) is 2.13. The summed E-state index contributed by atoms with van der Waals surface area (Å²) >= 11 is 0. The Morgan fingerprint density at radius 3 is 2.28 bits per heavy atom. The molecule has 0 saturated heterocycles. The monoisotopic (exact) mass is 266 g/mol. The van der Waals surface area contributed by atoms with Gasteiger partial charge in [-0.3, -0.25) is 0 Å². The number of hydrogen-bond donors (Lipinski definition) is 2. The lowest BCUT2D eigenvalue weighted by Crippen LogP contribution is -2.18. The van der Waals surface area contributed by atoms with Crippen LogP contribution in [0.5, 0.6) is 0 Å². The molecule has 1 rings (SSSR count). The molecule has 18 heavy (non-hydrogen) atoms. The Kier molecular flexibility index (Phi) is 4.70. The molecule has 2 nitrogen and oxygen atoms in total. The minimum Gasteiger partial charge on any atom is -0.390 e. The van der Waals surface area contributed by atoms with Gasteiger partial charge in [0.05, 0.1) is 11.7 Å². The highest BCUT2D eigenvalue weighted by atomic mass is 19.4. The molecule has 0 heterocycles. The number of alkyl halides is 3. The first kappa shape index (κ1) is 14.9. The average molecular weight is 266 g/mol. The van der Waals surface area contributed by atoms with Crippen LogP contribution in [0.2, 0.25) is 0 Å². The average Bonchev–Trinajstić information content (AvgIpc) is 2.26. The molecule has 0 fully saturated rings. The van der Waals surface area contributed by atoms with Crippen LogP contribution in [0.4, 0.5) is 17.6 Å². The summed E-state index contributed by atoms with van der Waals surface area (Å²) in [6.45, 7) is 1.78. The Labute approximate surface area is 102 Å². The number of halogens is 4. The zero-order chi connectivity index (χ0) is 13.9. The molecule has 0 radical (unpaired) electrons. The van der Waals surface area contributed by atoms with Crippen molar-refractivity contribution in [3.8, 4) is 0 Å². The second kappa shape index (κ2) is 5.67. The van der Waals surface area contributed by atoms with Crippen molar-refractivity contribution in [1.29, 1.82) is 0 Å². The summed E-state index contributed by atoms with van der Waals surface area (Å²) < 4.78 is 50.2. The van der Waals surface area contributed by atoms with Gasteiger partial charge >= 0.3 is 6.18 Å². The maximum Gasteiger partial charge on any atom is 0.419 e. The minimum atomic E-state index is -4.77. The second-order valence-corrected chi connectivity index (χ2v) is 4.04. The van der Waals surface area contributed by atoms with Crippen LogP contribution < -0.4 is 0 Å². The van der Waals surface area contributed by atoms with E-state index in [9.17, 15) is 27.8 Å².